The highest BCUT2D eigenvalue weighted by Crippen LogP contribution is 2.29. The molecule has 0 atom stereocenters. The van der Waals surface area contributed by atoms with Crippen LogP contribution in [0.1, 0.15) is 5.56 Å². The molecule has 0 aliphatic carbocycles. The number of nitrogens with one attached hydrogen (secondary N) is 1. The van der Waals surface area contributed by atoms with Crippen LogP contribution in [0.3, 0.4) is 0 Å². The number of anilines is 1. The quantitative estimate of drug-likeness (QED) is 0.635. The molecule has 0 radical (unpaired) electrons. The summed E-state index contributed by atoms with van der Waals surface area (Å²) in [6, 6.07) is 14.7. The molecule has 1 aliphatic rings. The minimum absolute atomic E-state index is 0.0287. The molecule has 7 heteroatoms. The number of ether oxygens (including phenoxy) is 1. The summed E-state index contributed by atoms with van der Waals surface area (Å²) in [4.78, 5) is 21.2. The van der Waals surface area contributed by atoms with Crippen LogP contribution in [-0.4, -0.2) is 62.2 Å². The summed E-state index contributed by atoms with van der Waals surface area (Å²) in [5, 5.41) is 4.14. The normalized spacial score (nSPS) is 14.6. The van der Waals surface area contributed by atoms with Crippen LogP contribution < -0.4 is 15.0 Å². The van der Waals surface area contributed by atoms with Gasteiger partial charge in [0.25, 0.3) is 0 Å². The van der Waals surface area contributed by atoms with E-state index >= 15 is 0 Å². The fourth-order valence-corrected chi connectivity index (χ4v) is 4.02. The molecular formula is C24H27FN4O2. The van der Waals surface area contributed by atoms with Gasteiger partial charge < -0.3 is 15.0 Å². The number of methoxy groups -OCH3 is 1. The Balaban J connectivity index is 1.24. The molecule has 162 valence electrons. The molecular weight excluding hydrogens is 395 g/mol. The van der Waals surface area contributed by atoms with Crippen LogP contribution in [0.5, 0.6) is 5.75 Å². The molecule has 3 aromatic rings. The Morgan fingerprint density at radius 1 is 1.13 bits per heavy atom. The molecule has 31 heavy (non-hydrogen) atoms. The Morgan fingerprint density at radius 3 is 2.74 bits per heavy atom. The van der Waals surface area contributed by atoms with E-state index in [0.717, 1.165) is 54.8 Å². The smallest absolute Gasteiger partial charge is 0.234 e. The number of hydrogen-bond acceptors (Lipinski definition) is 5. The third kappa shape index (κ3) is 5.11. The highest BCUT2D eigenvalue weighted by Gasteiger charge is 2.21. The number of benzene rings is 2. The van der Waals surface area contributed by atoms with Crippen molar-refractivity contribution < 1.29 is 13.9 Å². The number of piperazine rings is 1. The van der Waals surface area contributed by atoms with Gasteiger partial charge in [0.1, 0.15) is 11.6 Å². The first-order valence-electron chi connectivity index (χ1n) is 10.5. The van der Waals surface area contributed by atoms with Crippen molar-refractivity contribution >= 4 is 22.5 Å². The highest BCUT2D eigenvalue weighted by atomic mass is 19.1. The van der Waals surface area contributed by atoms with E-state index in [-0.39, 0.29) is 11.7 Å². The second kappa shape index (κ2) is 9.75. The van der Waals surface area contributed by atoms with Crippen LogP contribution >= 0.6 is 0 Å². The lowest BCUT2D eigenvalue weighted by atomic mass is 10.1. The molecule has 0 spiro atoms. The number of halogens is 1. The van der Waals surface area contributed by atoms with E-state index in [0.29, 0.717) is 18.8 Å². The number of amides is 1. The van der Waals surface area contributed by atoms with E-state index in [9.17, 15) is 9.18 Å². The van der Waals surface area contributed by atoms with Gasteiger partial charge in [0, 0.05) is 50.4 Å². The van der Waals surface area contributed by atoms with Gasteiger partial charge in [-0.3, -0.25) is 14.7 Å². The number of rotatable bonds is 7. The maximum absolute atomic E-state index is 13.4. The Bertz CT molecular complexity index is 1050. The predicted octanol–water partition coefficient (Wildman–Crippen LogP) is 2.86. The van der Waals surface area contributed by atoms with Crippen molar-refractivity contribution in [2.45, 2.75) is 6.42 Å². The molecule has 0 bridgehead atoms. The molecule has 1 aromatic heterocycles. The fourth-order valence-electron chi connectivity index (χ4n) is 4.02. The first-order valence-corrected chi connectivity index (χ1v) is 10.5. The van der Waals surface area contributed by atoms with Crippen LogP contribution in [0.25, 0.3) is 10.9 Å². The second-order valence-corrected chi connectivity index (χ2v) is 7.67. The number of pyridine rings is 1. The van der Waals surface area contributed by atoms with Crippen molar-refractivity contribution in [2.24, 2.45) is 0 Å². The maximum atomic E-state index is 13.4. The molecule has 4 rings (SSSR count). The largest absolute Gasteiger partial charge is 0.494 e. The lowest BCUT2D eigenvalue weighted by molar-refractivity contribution is -0.122. The van der Waals surface area contributed by atoms with Crippen molar-refractivity contribution in [1.29, 1.82) is 0 Å². The third-order valence-electron chi connectivity index (χ3n) is 5.65. The van der Waals surface area contributed by atoms with Gasteiger partial charge in [0.05, 0.1) is 24.9 Å². The first kappa shape index (κ1) is 21.1. The van der Waals surface area contributed by atoms with E-state index in [1.165, 1.54) is 12.1 Å². The number of fused-ring (bicyclic) bond motifs is 1. The fraction of sp³-hybridized carbons (Fsp3) is 0.333. The summed E-state index contributed by atoms with van der Waals surface area (Å²) in [5.41, 5.74) is 3.02. The van der Waals surface area contributed by atoms with Crippen LogP contribution in [0.2, 0.25) is 0 Å². The van der Waals surface area contributed by atoms with E-state index in [4.69, 9.17) is 4.74 Å². The average molecular weight is 423 g/mol. The summed E-state index contributed by atoms with van der Waals surface area (Å²) < 4.78 is 18.8. The van der Waals surface area contributed by atoms with Gasteiger partial charge in [0.2, 0.25) is 5.91 Å². The minimum Gasteiger partial charge on any atom is -0.494 e. The van der Waals surface area contributed by atoms with Crippen LogP contribution in [0.15, 0.2) is 54.7 Å². The monoisotopic (exact) mass is 422 g/mol. The number of aromatic nitrogens is 1. The minimum atomic E-state index is -0.310. The highest BCUT2D eigenvalue weighted by molar-refractivity contribution is 5.82. The Kier molecular flexibility index (Phi) is 6.62. The van der Waals surface area contributed by atoms with Crippen molar-refractivity contribution in [3.63, 3.8) is 0 Å². The topological polar surface area (TPSA) is 57.7 Å². The van der Waals surface area contributed by atoms with Crippen molar-refractivity contribution in [2.75, 3.05) is 51.3 Å². The van der Waals surface area contributed by atoms with E-state index in [1.807, 2.05) is 24.3 Å². The molecule has 2 aromatic carbocycles. The zero-order valence-corrected chi connectivity index (χ0v) is 17.7. The van der Waals surface area contributed by atoms with Crippen LogP contribution in [0, 0.1) is 5.82 Å². The molecule has 1 fully saturated rings. The van der Waals surface area contributed by atoms with Gasteiger partial charge in [-0.15, -0.1) is 0 Å². The molecule has 1 amide bonds. The van der Waals surface area contributed by atoms with Gasteiger partial charge in [-0.25, -0.2) is 4.39 Å². The predicted molar refractivity (Wildman–Crippen MR) is 120 cm³/mol. The maximum Gasteiger partial charge on any atom is 0.234 e. The second-order valence-electron chi connectivity index (χ2n) is 7.67. The van der Waals surface area contributed by atoms with Gasteiger partial charge >= 0.3 is 0 Å². The van der Waals surface area contributed by atoms with Gasteiger partial charge in [-0.05, 0) is 30.2 Å². The molecule has 0 unspecified atom stereocenters. The van der Waals surface area contributed by atoms with Crippen molar-refractivity contribution in [1.82, 2.24) is 15.2 Å². The Hall–Kier alpha value is -3.19. The first-order chi connectivity index (χ1) is 15.1. The Labute approximate surface area is 181 Å². The zero-order valence-electron chi connectivity index (χ0n) is 17.7. The lowest BCUT2D eigenvalue weighted by Gasteiger charge is -2.36. The van der Waals surface area contributed by atoms with E-state index in [2.05, 4.69) is 26.2 Å². The lowest BCUT2D eigenvalue weighted by Crippen LogP contribution is -2.49. The summed E-state index contributed by atoms with van der Waals surface area (Å²) >= 11 is 0. The van der Waals surface area contributed by atoms with Crippen molar-refractivity contribution in [3.8, 4) is 5.75 Å². The molecule has 2 heterocycles. The molecule has 0 saturated carbocycles. The van der Waals surface area contributed by atoms with E-state index in [1.54, 1.807) is 19.4 Å². The third-order valence-corrected chi connectivity index (χ3v) is 5.65. The summed E-state index contributed by atoms with van der Waals surface area (Å²) in [7, 11) is 1.55. The number of hydrogen-bond donors (Lipinski definition) is 1. The molecule has 1 N–H and O–H groups in total. The van der Waals surface area contributed by atoms with Gasteiger partial charge in [0.15, 0.2) is 0 Å². The summed E-state index contributed by atoms with van der Waals surface area (Å²) in [5.74, 6) is 0.255. The van der Waals surface area contributed by atoms with E-state index < -0.39 is 0 Å². The average Bonchev–Trinajstić information content (AvgIpc) is 2.80. The summed E-state index contributed by atoms with van der Waals surface area (Å²) in [6.45, 7) is 4.01. The number of carbonyl (C=O) groups is 1. The molecule has 6 nitrogen and oxygen atoms in total. The Morgan fingerprint density at radius 2 is 1.94 bits per heavy atom. The standard InChI is InChI=1S/C24H27FN4O2/c1-31-22-16-20(25)7-8-21(22)29-14-12-28(13-15-29)17-23(30)26-11-9-19-5-2-4-18-6-3-10-27-24(18)19/h2-8,10,16H,9,11-15,17H2,1H3,(H,26,30). The number of carbonyl (C=O) groups excluding carboxylic acids is 1. The van der Waals surface area contributed by atoms with Crippen molar-refractivity contribution in [3.05, 3.63) is 66.1 Å². The number of nitrogens with zero attached hydrogens (tertiary/aromatic N) is 3. The summed E-state index contributed by atoms with van der Waals surface area (Å²) in [6.07, 6.45) is 2.55. The molecule has 1 saturated heterocycles. The zero-order chi connectivity index (χ0) is 21.6. The SMILES string of the molecule is COc1cc(F)ccc1N1CCN(CC(=O)NCCc2cccc3cccnc23)CC1. The van der Waals surface area contributed by atoms with Gasteiger partial charge in [-0.1, -0.05) is 24.3 Å². The molecule has 1 aliphatic heterocycles. The van der Waals surface area contributed by atoms with Crippen LogP contribution in [0.4, 0.5) is 10.1 Å². The number of para-hydroxylation sites is 1. The van der Waals surface area contributed by atoms with Crippen LogP contribution in [-0.2, 0) is 11.2 Å². The van der Waals surface area contributed by atoms with Gasteiger partial charge in [-0.2, -0.15) is 0 Å².